The lowest BCUT2D eigenvalue weighted by atomic mass is 9.97. The summed E-state index contributed by atoms with van der Waals surface area (Å²) in [7, 11) is 0. The van der Waals surface area contributed by atoms with Gasteiger partial charge in [0, 0.05) is 19.6 Å². The molecule has 158 valence electrons. The van der Waals surface area contributed by atoms with Crippen molar-refractivity contribution in [3.8, 4) is 11.3 Å². The predicted octanol–water partition coefficient (Wildman–Crippen LogP) is 3.44. The second kappa shape index (κ2) is 11.8. The molecule has 29 heavy (non-hydrogen) atoms. The number of carbonyl (C=O) groups is 1. The average molecular weight is 511 g/mol. The van der Waals surface area contributed by atoms with Gasteiger partial charge < -0.3 is 19.9 Å². The number of ether oxygens (including phenoxy) is 1. The first-order chi connectivity index (χ1) is 13.7. The SMILES string of the molecule is CCNC(=NCc1ncc(-c2ccccc2)[nH]1)N1CCC(C(=O)OCC)CC1.I. The number of hydrogen-bond donors (Lipinski definition) is 2. The Morgan fingerprint density at radius 3 is 2.66 bits per heavy atom. The van der Waals surface area contributed by atoms with Gasteiger partial charge >= 0.3 is 5.97 Å². The van der Waals surface area contributed by atoms with Crippen LogP contribution in [-0.4, -0.2) is 53.0 Å². The standard InChI is InChI=1S/C21H29N5O2.HI/c1-3-22-21(26-12-10-17(11-13-26)20(27)28-4-2)24-15-19-23-14-18(25-19)16-8-6-5-7-9-16;/h5-9,14,17H,3-4,10-13,15H2,1-2H3,(H,22,24)(H,23,25);1H. The molecule has 1 saturated heterocycles. The zero-order valence-electron chi connectivity index (χ0n) is 17.1. The van der Waals surface area contributed by atoms with Crippen LogP contribution in [0.25, 0.3) is 11.3 Å². The Balaban J connectivity index is 0.00000300. The quantitative estimate of drug-likeness (QED) is 0.269. The number of likely N-dealkylation sites (tertiary alicyclic amines) is 1. The summed E-state index contributed by atoms with van der Waals surface area (Å²) < 4.78 is 5.15. The van der Waals surface area contributed by atoms with Crippen molar-refractivity contribution in [2.24, 2.45) is 10.9 Å². The molecule has 3 rings (SSSR count). The van der Waals surface area contributed by atoms with E-state index < -0.39 is 0 Å². The Morgan fingerprint density at radius 2 is 2.00 bits per heavy atom. The Bertz CT molecular complexity index is 785. The molecule has 1 aliphatic heterocycles. The highest BCUT2D eigenvalue weighted by Gasteiger charge is 2.27. The van der Waals surface area contributed by atoms with E-state index in [4.69, 9.17) is 9.73 Å². The van der Waals surface area contributed by atoms with Crippen molar-refractivity contribution in [2.75, 3.05) is 26.2 Å². The number of aromatic amines is 1. The fourth-order valence-electron chi connectivity index (χ4n) is 3.37. The van der Waals surface area contributed by atoms with Gasteiger partial charge in [0.25, 0.3) is 0 Å². The molecule has 1 aliphatic rings. The van der Waals surface area contributed by atoms with E-state index in [1.165, 1.54) is 0 Å². The van der Waals surface area contributed by atoms with E-state index in [1.54, 1.807) is 0 Å². The van der Waals surface area contributed by atoms with Crippen LogP contribution in [0.4, 0.5) is 0 Å². The first-order valence-electron chi connectivity index (χ1n) is 10.0. The van der Waals surface area contributed by atoms with Gasteiger partial charge in [-0.05, 0) is 32.3 Å². The molecule has 0 bridgehead atoms. The first-order valence-corrected chi connectivity index (χ1v) is 10.0. The molecule has 0 atom stereocenters. The maximum absolute atomic E-state index is 11.9. The third-order valence-corrected chi connectivity index (χ3v) is 4.84. The van der Waals surface area contributed by atoms with E-state index in [0.717, 1.165) is 55.5 Å². The van der Waals surface area contributed by atoms with Crippen LogP contribution in [0.5, 0.6) is 0 Å². The van der Waals surface area contributed by atoms with Crippen LogP contribution in [0.2, 0.25) is 0 Å². The molecule has 0 radical (unpaired) electrons. The molecular formula is C21H30IN5O2. The van der Waals surface area contributed by atoms with E-state index in [9.17, 15) is 4.79 Å². The number of nitrogens with one attached hydrogen (secondary N) is 2. The minimum absolute atomic E-state index is 0. The number of H-pyrrole nitrogens is 1. The molecule has 7 nitrogen and oxygen atoms in total. The van der Waals surface area contributed by atoms with Crippen molar-refractivity contribution in [3.05, 3.63) is 42.4 Å². The number of piperidine rings is 1. The summed E-state index contributed by atoms with van der Waals surface area (Å²) in [6.45, 7) is 7.21. The van der Waals surface area contributed by atoms with E-state index in [2.05, 4.69) is 39.2 Å². The summed E-state index contributed by atoms with van der Waals surface area (Å²) in [6, 6.07) is 10.1. The fourth-order valence-corrected chi connectivity index (χ4v) is 3.37. The molecule has 2 N–H and O–H groups in total. The van der Waals surface area contributed by atoms with Crippen molar-refractivity contribution in [1.82, 2.24) is 20.2 Å². The summed E-state index contributed by atoms with van der Waals surface area (Å²) in [5.74, 6) is 1.61. The average Bonchev–Trinajstić information content (AvgIpc) is 3.21. The highest BCUT2D eigenvalue weighted by Crippen LogP contribution is 2.19. The maximum atomic E-state index is 11.9. The van der Waals surface area contributed by atoms with Gasteiger partial charge in [-0.15, -0.1) is 24.0 Å². The molecule has 0 saturated carbocycles. The summed E-state index contributed by atoms with van der Waals surface area (Å²) in [6.07, 6.45) is 3.43. The van der Waals surface area contributed by atoms with Crippen LogP contribution in [0.3, 0.4) is 0 Å². The lowest BCUT2D eigenvalue weighted by Gasteiger charge is -2.33. The Kier molecular flexibility index (Phi) is 9.43. The highest BCUT2D eigenvalue weighted by molar-refractivity contribution is 14.0. The van der Waals surface area contributed by atoms with Gasteiger partial charge in [0.1, 0.15) is 12.4 Å². The molecule has 1 fully saturated rings. The van der Waals surface area contributed by atoms with Crippen molar-refractivity contribution in [2.45, 2.75) is 33.2 Å². The van der Waals surface area contributed by atoms with Crippen molar-refractivity contribution in [1.29, 1.82) is 0 Å². The number of aliphatic imine (C=N–C) groups is 1. The monoisotopic (exact) mass is 511 g/mol. The number of benzene rings is 1. The largest absolute Gasteiger partial charge is 0.466 e. The fraction of sp³-hybridized carbons (Fsp3) is 0.476. The van der Waals surface area contributed by atoms with E-state index >= 15 is 0 Å². The number of rotatable bonds is 6. The summed E-state index contributed by atoms with van der Waals surface area (Å²) in [5.41, 5.74) is 2.10. The van der Waals surface area contributed by atoms with Gasteiger partial charge in [-0.3, -0.25) is 4.79 Å². The molecule has 0 spiro atoms. The maximum Gasteiger partial charge on any atom is 0.309 e. The molecule has 8 heteroatoms. The normalized spacial score (nSPS) is 15.0. The molecule has 0 unspecified atom stereocenters. The molecule has 0 amide bonds. The predicted molar refractivity (Wildman–Crippen MR) is 125 cm³/mol. The van der Waals surface area contributed by atoms with Crippen LogP contribution in [-0.2, 0) is 16.1 Å². The number of esters is 1. The lowest BCUT2D eigenvalue weighted by Crippen LogP contribution is -2.46. The van der Waals surface area contributed by atoms with Crippen LogP contribution in [0.1, 0.15) is 32.5 Å². The van der Waals surface area contributed by atoms with Gasteiger partial charge in [-0.2, -0.15) is 0 Å². The zero-order chi connectivity index (χ0) is 19.8. The van der Waals surface area contributed by atoms with E-state index in [0.29, 0.717) is 13.2 Å². The van der Waals surface area contributed by atoms with Gasteiger partial charge in [0.2, 0.25) is 0 Å². The molecule has 0 aliphatic carbocycles. The van der Waals surface area contributed by atoms with Gasteiger partial charge in [0.05, 0.1) is 24.4 Å². The lowest BCUT2D eigenvalue weighted by molar-refractivity contribution is -0.149. The minimum atomic E-state index is -0.0758. The zero-order valence-corrected chi connectivity index (χ0v) is 19.4. The van der Waals surface area contributed by atoms with Crippen molar-refractivity contribution in [3.63, 3.8) is 0 Å². The van der Waals surface area contributed by atoms with Crippen LogP contribution < -0.4 is 5.32 Å². The number of guanidine groups is 1. The molecular weight excluding hydrogens is 481 g/mol. The van der Waals surface area contributed by atoms with E-state index in [1.807, 2.05) is 31.3 Å². The second-order valence-corrected chi connectivity index (χ2v) is 6.79. The Labute approximate surface area is 189 Å². The van der Waals surface area contributed by atoms with Crippen LogP contribution in [0.15, 0.2) is 41.5 Å². The number of carbonyl (C=O) groups excluding carboxylic acids is 1. The second-order valence-electron chi connectivity index (χ2n) is 6.79. The molecule has 1 aromatic carbocycles. The summed E-state index contributed by atoms with van der Waals surface area (Å²) >= 11 is 0. The third kappa shape index (κ3) is 6.45. The number of imidazole rings is 1. The first kappa shape index (κ1) is 23.2. The van der Waals surface area contributed by atoms with Gasteiger partial charge in [0.15, 0.2) is 5.96 Å². The molecule has 2 aromatic rings. The van der Waals surface area contributed by atoms with Crippen LogP contribution in [0, 0.1) is 5.92 Å². The third-order valence-electron chi connectivity index (χ3n) is 4.84. The summed E-state index contributed by atoms with van der Waals surface area (Å²) in [5, 5.41) is 3.35. The van der Waals surface area contributed by atoms with Crippen molar-refractivity contribution >= 4 is 35.9 Å². The number of hydrogen-bond acceptors (Lipinski definition) is 4. The minimum Gasteiger partial charge on any atom is -0.466 e. The van der Waals surface area contributed by atoms with Gasteiger partial charge in [-0.1, -0.05) is 30.3 Å². The number of nitrogens with zero attached hydrogens (tertiary/aromatic N) is 3. The highest BCUT2D eigenvalue weighted by atomic mass is 127. The van der Waals surface area contributed by atoms with Gasteiger partial charge in [-0.25, -0.2) is 9.98 Å². The molecule has 2 heterocycles. The molecule has 1 aromatic heterocycles. The van der Waals surface area contributed by atoms with Crippen LogP contribution >= 0.6 is 24.0 Å². The van der Waals surface area contributed by atoms with E-state index in [-0.39, 0.29) is 35.9 Å². The number of halogens is 1. The summed E-state index contributed by atoms with van der Waals surface area (Å²) in [4.78, 5) is 26.7. The Morgan fingerprint density at radius 1 is 1.28 bits per heavy atom. The topological polar surface area (TPSA) is 82.6 Å². The Hall–Kier alpha value is -2.10. The van der Waals surface area contributed by atoms with Crippen molar-refractivity contribution < 1.29 is 9.53 Å². The number of aromatic nitrogens is 2. The smallest absolute Gasteiger partial charge is 0.309 e.